The number of benzene rings is 2. The van der Waals surface area contributed by atoms with Crippen LogP contribution in [0.3, 0.4) is 0 Å². The Labute approximate surface area is 155 Å². The summed E-state index contributed by atoms with van der Waals surface area (Å²) in [6, 6.07) is 15.9. The van der Waals surface area contributed by atoms with E-state index in [1.807, 2.05) is 30.3 Å². The van der Waals surface area contributed by atoms with Gasteiger partial charge >= 0.3 is 0 Å². The lowest BCUT2D eigenvalue weighted by Gasteiger charge is -2.03. The maximum absolute atomic E-state index is 12.3. The van der Waals surface area contributed by atoms with E-state index in [1.54, 1.807) is 32.0 Å². The van der Waals surface area contributed by atoms with Gasteiger partial charge < -0.3 is 0 Å². The van der Waals surface area contributed by atoms with Gasteiger partial charge in [0.15, 0.2) is 0 Å². The van der Waals surface area contributed by atoms with Gasteiger partial charge in [0.1, 0.15) is 5.69 Å². The molecule has 0 radical (unpaired) electrons. The molecule has 0 saturated carbocycles. The van der Waals surface area contributed by atoms with Crippen molar-refractivity contribution in [3.8, 4) is 11.3 Å². The molecular weight excluding hydrogens is 346 g/mol. The fourth-order valence-corrected chi connectivity index (χ4v) is 2.49. The predicted octanol–water partition coefficient (Wildman–Crippen LogP) is 3.45. The number of amides is 1. The number of hydrogen-bond donors (Lipinski definition) is 2. The van der Waals surface area contributed by atoms with Crippen LogP contribution in [-0.4, -0.2) is 26.7 Å². The maximum atomic E-state index is 12.3. The Balaban J connectivity index is 1.74. The summed E-state index contributed by atoms with van der Waals surface area (Å²) in [6.07, 6.45) is 0. The van der Waals surface area contributed by atoms with E-state index >= 15 is 0 Å². The second-order valence-corrected chi connectivity index (χ2v) is 5.93. The number of carbonyl (C=O) groups excluding carboxylic acids is 1. The smallest absolute Gasteiger partial charge is 0.272 e. The van der Waals surface area contributed by atoms with Gasteiger partial charge in [0.05, 0.1) is 16.3 Å². The third-order valence-corrected chi connectivity index (χ3v) is 4.04. The van der Waals surface area contributed by atoms with Gasteiger partial charge in [0.25, 0.3) is 11.6 Å². The van der Waals surface area contributed by atoms with Crippen LogP contribution in [0.1, 0.15) is 28.5 Å². The van der Waals surface area contributed by atoms with Crippen LogP contribution in [-0.2, 0) is 0 Å². The summed E-state index contributed by atoms with van der Waals surface area (Å²) in [5.74, 6) is -0.453. The van der Waals surface area contributed by atoms with E-state index in [9.17, 15) is 14.9 Å². The number of nitrogens with one attached hydrogen (secondary N) is 2. The first-order valence-corrected chi connectivity index (χ1v) is 8.16. The molecule has 0 aliphatic heterocycles. The molecule has 136 valence electrons. The van der Waals surface area contributed by atoms with E-state index in [0.29, 0.717) is 22.5 Å². The van der Waals surface area contributed by atoms with Crippen molar-refractivity contribution >= 4 is 17.3 Å². The first-order chi connectivity index (χ1) is 13.0. The van der Waals surface area contributed by atoms with Crippen LogP contribution in [0.2, 0.25) is 0 Å². The summed E-state index contributed by atoms with van der Waals surface area (Å²) in [4.78, 5) is 22.9. The van der Waals surface area contributed by atoms with Crippen molar-refractivity contribution in [2.75, 3.05) is 0 Å². The van der Waals surface area contributed by atoms with Gasteiger partial charge in [0.2, 0.25) is 0 Å². The largest absolute Gasteiger partial charge is 0.289 e. The van der Waals surface area contributed by atoms with Crippen molar-refractivity contribution < 1.29 is 9.72 Å². The number of hydrogen-bond acceptors (Lipinski definition) is 5. The van der Waals surface area contributed by atoms with Crippen LogP contribution in [0, 0.1) is 17.0 Å². The molecule has 0 aliphatic carbocycles. The number of nitro benzene ring substituents is 1. The molecule has 0 saturated heterocycles. The number of aromatic nitrogens is 2. The van der Waals surface area contributed by atoms with Crippen molar-refractivity contribution in [3.63, 3.8) is 0 Å². The Kier molecular flexibility index (Phi) is 5.07. The average molecular weight is 363 g/mol. The maximum Gasteiger partial charge on any atom is 0.289 e. The second-order valence-electron chi connectivity index (χ2n) is 5.93. The van der Waals surface area contributed by atoms with Gasteiger partial charge in [-0.2, -0.15) is 10.2 Å². The number of aryl methyl sites for hydroxylation is 1. The molecule has 0 fully saturated rings. The number of H-pyrrole nitrogens is 1. The van der Waals surface area contributed by atoms with Gasteiger partial charge in [-0.3, -0.25) is 20.0 Å². The third-order valence-electron chi connectivity index (χ3n) is 4.04. The lowest BCUT2D eigenvalue weighted by molar-refractivity contribution is -0.385. The molecule has 0 atom stereocenters. The van der Waals surface area contributed by atoms with E-state index < -0.39 is 10.8 Å². The van der Waals surface area contributed by atoms with E-state index in [1.165, 1.54) is 6.07 Å². The Morgan fingerprint density at radius 1 is 1.19 bits per heavy atom. The first-order valence-electron chi connectivity index (χ1n) is 8.16. The average Bonchev–Trinajstić information content (AvgIpc) is 3.17. The van der Waals surface area contributed by atoms with Crippen LogP contribution in [0.4, 0.5) is 5.69 Å². The van der Waals surface area contributed by atoms with Crippen LogP contribution >= 0.6 is 0 Å². The SMILES string of the molecule is C/C(=N/NC(=O)c1cc(-c2ccccc2)n[nH]1)c1ccc(C)c([N+](=O)[O-])c1. The normalized spacial score (nSPS) is 11.3. The standard InChI is InChI=1S/C19H17N5O3/c1-12-8-9-15(10-18(12)24(26)27)13(2)20-23-19(25)17-11-16(21-22-17)14-6-4-3-5-7-14/h3-11H,1-2H3,(H,21,22)(H,23,25)/b20-13-. The Morgan fingerprint density at radius 2 is 1.93 bits per heavy atom. The lowest BCUT2D eigenvalue weighted by atomic mass is 10.1. The van der Waals surface area contributed by atoms with Gasteiger partial charge in [-0.25, -0.2) is 5.43 Å². The number of aromatic amines is 1. The van der Waals surface area contributed by atoms with Crippen LogP contribution in [0.15, 0.2) is 59.7 Å². The molecule has 1 heterocycles. The van der Waals surface area contributed by atoms with Gasteiger partial charge in [0, 0.05) is 22.8 Å². The first kappa shape index (κ1) is 18.0. The molecule has 0 bridgehead atoms. The molecule has 8 heteroatoms. The minimum absolute atomic E-state index is 0.00875. The minimum Gasteiger partial charge on any atom is -0.272 e. The summed E-state index contributed by atoms with van der Waals surface area (Å²) in [6.45, 7) is 3.33. The number of nitrogens with zero attached hydrogens (tertiary/aromatic N) is 3. The minimum atomic E-state index is -0.453. The monoisotopic (exact) mass is 363 g/mol. The van der Waals surface area contributed by atoms with Crippen molar-refractivity contribution in [1.82, 2.24) is 15.6 Å². The van der Waals surface area contributed by atoms with Crippen molar-refractivity contribution in [2.45, 2.75) is 13.8 Å². The molecule has 0 aliphatic rings. The predicted molar refractivity (Wildman–Crippen MR) is 102 cm³/mol. The molecular formula is C19H17N5O3. The van der Waals surface area contributed by atoms with Gasteiger partial charge in [-0.15, -0.1) is 0 Å². The second kappa shape index (κ2) is 7.61. The van der Waals surface area contributed by atoms with Gasteiger partial charge in [-0.05, 0) is 19.9 Å². The summed E-state index contributed by atoms with van der Waals surface area (Å²) >= 11 is 0. The Morgan fingerprint density at radius 3 is 2.63 bits per heavy atom. The Hall–Kier alpha value is -3.81. The summed E-state index contributed by atoms with van der Waals surface area (Å²) in [5, 5.41) is 21.9. The van der Waals surface area contributed by atoms with Gasteiger partial charge in [-0.1, -0.05) is 42.5 Å². The summed E-state index contributed by atoms with van der Waals surface area (Å²) in [7, 11) is 0. The lowest BCUT2D eigenvalue weighted by Crippen LogP contribution is -2.19. The topological polar surface area (TPSA) is 113 Å². The fraction of sp³-hybridized carbons (Fsp3) is 0.105. The van der Waals surface area contributed by atoms with Crippen LogP contribution in [0.25, 0.3) is 11.3 Å². The van der Waals surface area contributed by atoms with E-state index in [4.69, 9.17) is 0 Å². The molecule has 2 N–H and O–H groups in total. The van der Waals surface area contributed by atoms with Crippen LogP contribution < -0.4 is 5.43 Å². The van der Waals surface area contributed by atoms with Crippen molar-refractivity contribution in [1.29, 1.82) is 0 Å². The van der Waals surface area contributed by atoms with Crippen molar-refractivity contribution in [2.24, 2.45) is 5.10 Å². The zero-order chi connectivity index (χ0) is 19.4. The zero-order valence-corrected chi connectivity index (χ0v) is 14.8. The molecule has 0 unspecified atom stereocenters. The highest BCUT2D eigenvalue weighted by Gasteiger charge is 2.13. The van der Waals surface area contributed by atoms with Crippen molar-refractivity contribution in [3.05, 3.63) is 81.5 Å². The zero-order valence-electron chi connectivity index (χ0n) is 14.8. The quantitative estimate of drug-likeness (QED) is 0.410. The molecule has 2 aromatic carbocycles. The third kappa shape index (κ3) is 4.06. The van der Waals surface area contributed by atoms with Crippen LogP contribution in [0.5, 0.6) is 0 Å². The summed E-state index contributed by atoms with van der Waals surface area (Å²) < 4.78 is 0. The molecule has 3 aromatic rings. The number of rotatable bonds is 5. The number of hydrazone groups is 1. The number of nitro groups is 1. The molecule has 27 heavy (non-hydrogen) atoms. The highest BCUT2D eigenvalue weighted by atomic mass is 16.6. The Bertz CT molecular complexity index is 1020. The highest BCUT2D eigenvalue weighted by Crippen LogP contribution is 2.20. The van der Waals surface area contributed by atoms with E-state index in [0.717, 1.165) is 5.56 Å². The molecule has 1 amide bonds. The highest BCUT2D eigenvalue weighted by molar-refractivity contribution is 6.01. The van der Waals surface area contributed by atoms with E-state index in [2.05, 4.69) is 20.7 Å². The summed E-state index contributed by atoms with van der Waals surface area (Å²) in [5.41, 5.74) is 5.82. The van der Waals surface area contributed by atoms with E-state index in [-0.39, 0.29) is 11.4 Å². The molecule has 0 spiro atoms. The molecule has 1 aromatic heterocycles. The molecule has 8 nitrogen and oxygen atoms in total. The number of carbonyl (C=O) groups is 1. The molecule has 3 rings (SSSR count). The fourth-order valence-electron chi connectivity index (χ4n) is 2.49.